The Balaban J connectivity index is 0.000000201. The third kappa shape index (κ3) is 12.5. The van der Waals surface area contributed by atoms with Crippen molar-refractivity contribution in [1.29, 1.82) is 0 Å². The van der Waals surface area contributed by atoms with Gasteiger partial charge in [-0.2, -0.15) is 10.2 Å². The van der Waals surface area contributed by atoms with Gasteiger partial charge in [0.15, 0.2) is 11.6 Å². The molecule has 0 saturated carbocycles. The van der Waals surface area contributed by atoms with Crippen LogP contribution in [0.15, 0.2) is 122 Å². The second kappa shape index (κ2) is 23.8. The van der Waals surface area contributed by atoms with Crippen LogP contribution in [-0.2, 0) is 67.4 Å². The molecule has 0 spiro atoms. The van der Waals surface area contributed by atoms with E-state index in [-0.39, 0.29) is 49.4 Å². The highest BCUT2D eigenvalue weighted by atomic mass is 16.5. The summed E-state index contributed by atoms with van der Waals surface area (Å²) in [6.45, 7) is 9.37. The zero-order valence-corrected chi connectivity index (χ0v) is 38.9. The third-order valence-corrected chi connectivity index (χ3v) is 11.6. The number of benzene rings is 2. The summed E-state index contributed by atoms with van der Waals surface area (Å²) >= 11 is 0. The fourth-order valence-corrected chi connectivity index (χ4v) is 8.15. The quantitative estimate of drug-likeness (QED) is 0.0529. The van der Waals surface area contributed by atoms with Crippen molar-refractivity contribution >= 4 is 45.3 Å². The molecule has 352 valence electrons. The van der Waals surface area contributed by atoms with Crippen molar-refractivity contribution in [3.63, 3.8) is 0 Å². The van der Waals surface area contributed by atoms with Gasteiger partial charge in [-0.1, -0.05) is 36.4 Å². The molecule has 0 aliphatic carbocycles. The Kier molecular flexibility index (Phi) is 16.9. The van der Waals surface area contributed by atoms with Crippen LogP contribution in [0.2, 0.25) is 0 Å². The third-order valence-electron chi connectivity index (χ3n) is 11.6. The van der Waals surface area contributed by atoms with Gasteiger partial charge >= 0.3 is 11.9 Å². The van der Waals surface area contributed by atoms with E-state index in [2.05, 4.69) is 40.8 Å². The van der Waals surface area contributed by atoms with Crippen molar-refractivity contribution in [3.05, 3.63) is 145 Å². The molecule has 0 aliphatic heterocycles. The molecule has 8 aromatic rings. The molecule has 6 aromatic heterocycles. The van der Waals surface area contributed by atoms with Gasteiger partial charge in [0.2, 0.25) is 0 Å². The average Bonchev–Trinajstić information content (AvgIpc) is 4.18. The summed E-state index contributed by atoms with van der Waals surface area (Å²) in [7, 11) is 0. The molecule has 0 amide bonds. The number of carbonyl (C=O) groups excluding carboxylic acids is 4. The Hall–Kier alpha value is -7.56. The SMILES string of the molecule is CCOC(=O)CN[C@@H](Cc1c[nH]c2ccccc12)C(=O)Cc1cc(-c2ccncc2)nn1CC.CCOC(=O)CN[C@@H](Cc1c[nH]c2ccccc12)C(=O)Cc1cc(-c2ccncc2)nn1CC. The van der Waals surface area contributed by atoms with E-state index in [1.165, 1.54) is 0 Å². The number of Topliss-reactive ketones (excluding diaryl/α,β-unsaturated/α-hetero) is 2. The number of pyridine rings is 2. The van der Waals surface area contributed by atoms with Gasteiger partial charge in [-0.25, -0.2) is 0 Å². The number of aromatic nitrogens is 8. The molecule has 0 fully saturated rings. The number of aryl methyl sites for hydroxylation is 2. The summed E-state index contributed by atoms with van der Waals surface area (Å²) in [6, 6.07) is 26.3. The molecule has 16 nitrogen and oxygen atoms in total. The molecule has 0 aliphatic rings. The van der Waals surface area contributed by atoms with Gasteiger partial charge in [0.05, 0.1) is 62.6 Å². The van der Waals surface area contributed by atoms with Gasteiger partial charge < -0.3 is 19.4 Å². The molecule has 0 bridgehead atoms. The van der Waals surface area contributed by atoms with Gasteiger partial charge in [0.25, 0.3) is 0 Å². The van der Waals surface area contributed by atoms with E-state index in [4.69, 9.17) is 9.47 Å². The van der Waals surface area contributed by atoms with Crippen LogP contribution in [0.25, 0.3) is 44.3 Å². The van der Waals surface area contributed by atoms with Gasteiger partial charge in [-0.05, 0) is 100 Å². The number of ether oxygens (including phenoxy) is 2. The molecule has 6 heterocycles. The molecule has 4 N–H and O–H groups in total. The van der Waals surface area contributed by atoms with E-state index in [9.17, 15) is 19.2 Å². The van der Waals surface area contributed by atoms with Crippen LogP contribution in [0.4, 0.5) is 0 Å². The number of esters is 2. The first-order valence-electron chi connectivity index (χ1n) is 23.0. The molecule has 0 radical (unpaired) electrons. The Bertz CT molecular complexity index is 2720. The van der Waals surface area contributed by atoms with Crippen LogP contribution in [0.1, 0.15) is 50.2 Å². The fraction of sp³-hybridized carbons (Fsp3) is 0.308. The lowest BCUT2D eigenvalue weighted by atomic mass is 9.98. The number of aromatic amines is 2. The Morgan fingerprint density at radius 3 is 1.35 bits per heavy atom. The first kappa shape index (κ1) is 48.4. The summed E-state index contributed by atoms with van der Waals surface area (Å²) in [5, 5.41) is 17.7. The summed E-state index contributed by atoms with van der Waals surface area (Å²) in [5.74, 6) is -0.772. The highest BCUT2D eigenvalue weighted by Crippen LogP contribution is 2.24. The molecular weight excluding hydrogens is 861 g/mol. The van der Waals surface area contributed by atoms with Crippen LogP contribution in [-0.4, -0.2) is 101 Å². The summed E-state index contributed by atoms with van der Waals surface area (Å²) in [4.78, 5) is 65.6. The van der Waals surface area contributed by atoms with E-state index in [1.807, 2.05) is 121 Å². The van der Waals surface area contributed by atoms with E-state index >= 15 is 0 Å². The molecule has 16 heteroatoms. The first-order valence-corrected chi connectivity index (χ1v) is 23.0. The molecular formula is C52H58N10O6. The zero-order chi connectivity index (χ0) is 47.8. The van der Waals surface area contributed by atoms with Crippen LogP contribution in [0.3, 0.4) is 0 Å². The van der Waals surface area contributed by atoms with Crippen LogP contribution >= 0.6 is 0 Å². The van der Waals surface area contributed by atoms with E-state index in [1.54, 1.807) is 38.6 Å². The summed E-state index contributed by atoms with van der Waals surface area (Å²) in [5.41, 5.74) is 9.25. The van der Waals surface area contributed by atoms with E-state index in [0.29, 0.717) is 39.1 Å². The van der Waals surface area contributed by atoms with Gasteiger partial charge in [0.1, 0.15) is 0 Å². The number of fused-ring (bicyclic) bond motifs is 2. The van der Waals surface area contributed by atoms with Crippen molar-refractivity contribution in [1.82, 2.24) is 50.1 Å². The average molecular weight is 919 g/mol. The second-order valence-corrected chi connectivity index (χ2v) is 16.0. The Morgan fingerprint density at radius 2 is 0.971 bits per heavy atom. The number of nitrogens with zero attached hydrogens (tertiary/aromatic N) is 6. The molecule has 0 unspecified atom stereocenters. The number of hydrogen-bond donors (Lipinski definition) is 4. The number of ketones is 2. The molecule has 2 atom stereocenters. The largest absolute Gasteiger partial charge is 0.465 e. The monoisotopic (exact) mass is 918 g/mol. The maximum absolute atomic E-state index is 13.5. The van der Waals surface area contributed by atoms with Crippen LogP contribution in [0.5, 0.6) is 0 Å². The normalized spacial score (nSPS) is 12.1. The minimum Gasteiger partial charge on any atom is -0.465 e. The van der Waals surface area contributed by atoms with Crippen molar-refractivity contribution < 1.29 is 28.7 Å². The number of carbonyl (C=O) groups is 4. The van der Waals surface area contributed by atoms with Crippen molar-refractivity contribution in [2.75, 3.05) is 26.3 Å². The van der Waals surface area contributed by atoms with Crippen molar-refractivity contribution in [2.24, 2.45) is 0 Å². The maximum atomic E-state index is 13.5. The van der Waals surface area contributed by atoms with Gasteiger partial charge in [-0.3, -0.25) is 49.1 Å². The smallest absolute Gasteiger partial charge is 0.319 e. The lowest BCUT2D eigenvalue weighted by Gasteiger charge is -2.17. The topological polar surface area (TPSA) is 204 Å². The maximum Gasteiger partial charge on any atom is 0.319 e. The number of para-hydroxylation sites is 2. The molecule has 2 aromatic carbocycles. The zero-order valence-electron chi connectivity index (χ0n) is 38.9. The second-order valence-electron chi connectivity index (χ2n) is 16.0. The van der Waals surface area contributed by atoms with E-state index < -0.39 is 12.1 Å². The highest BCUT2D eigenvalue weighted by molar-refractivity contribution is 5.90. The molecule has 8 rings (SSSR count). The minimum absolute atomic E-state index is 0.00884. The van der Waals surface area contributed by atoms with Crippen molar-refractivity contribution in [3.8, 4) is 22.5 Å². The number of nitrogens with one attached hydrogen (secondary N) is 4. The number of rotatable bonds is 22. The van der Waals surface area contributed by atoms with Gasteiger partial charge in [0, 0.05) is 94.6 Å². The number of H-pyrrole nitrogens is 2. The van der Waals surface area contributed by atoms with Crippen molar-refractivity contribution in [2.45, 2.75) is 78.6 Å². The molecule has 0 saturated heterocycles. The molecule has 68 heavy (non-hydrogen) atoms. The Labute approximate surface area is 394 Å². The minimum atomic E-state index is -0.548. The summed E-state index contributed by atoms with van der Waals surface area (Å²) in [6.07, 6.45) is 12.1. The van der Waals surface area contributed by atoms with Crippen LogP contribution < -0.4 is 10.6 Å². The predicted octanol–water partition coefficient (Wildman–Crippen LogP) is 6.64. The highest BCUT2D eigenvalue weighted by Gasteiger charge is 2.25. The number of hydrogen-bond acceptors (Lipinski definition) is 12. The predicted molar refractivity (Wildman–Crippen MR) is 261 cm³/mol. The van der Waals surface area contributed by atoms with Crippen LogP contribution in [0, 0.1) is 0 Å². The fourth-order valence-electron chi connectivity index (χ4n) is 8.15. The Morgan fingerprint density at radius 1 is 0.574 bits per heavy atom. The van der Waals surface area contributed by atoms with E-state index in [0.717, 1.165) is 66.8 Å². The standard InChI is InChI=1S/2C26H29N5O3/c2*1-3-31-20(14-23(30-31)18-9-11-27-12-10-18)15-25(32)24(29-17-26(33)34-4-2)13-19-16-28-22-8-6-5-7-21(19)22/h2*5-12,14,16,24,28-29H,3-4,13,15,17H2,1-2H3/t2*24-/m00/s1. The lowest BCUT2D eigenvalue weighted by molar-refractivity contribution is -0.143. The summed E-state index contributed by atoms with van der Waals surface area (Å²) < 4.78 is 13.8. The lowest BCUT2D eigenvalue weighted by Crippen LogP contribution is -2.42. The van der Waals surface area contributed by atoms with Gasteiger partial charge in [-0.15, -0.1) is 0 Å². The first-order chi connectivity index (χ1) is 33.2.